The van der Waals surface area contributed by atoms with Crippen LogP contribution >= 0.6 is 0 Å². The number of fused-ring (bicyclic) bond motifs is 1. The third kappa shape index (κ3) is 2.84. The molecule has 0 bridgehead atoms. The van der Waals surface area contributed by atoms with E-state index in [-0.39, 0.29) is 11.6 Å². The Hall–Kier alpha value is -3.23. The van der Waals surface area contributed by atoms with Crippen molar-refractivity contribution in [1.29, 1.82) is 0 Å². The Morgan fingerprint density at radius 2 is 2.19 bits per heavy atom. The van der Waals surface area contributed by atoms with Crippen LogP contribution in [0.2, 0.25) is 0 Å². The number of carbonyl (C=O) groups excluding carboxylic acids is 2. The number of aromatic nitrogens is 4. The van der Waals surface area contributed by atoms with Crippen LogP contribution in [0.5, 0.6) is 0 Å². The molecule has 1 amide bonds. The summed E-state index contributed by atoms with van der Waals surface area (Å²) in [6, 6.07) is 1.13. The second-order valence-corrected chi connectivity index (χ2v) is 6.59. The predicted octanol–water partition coefficient (Wildman–Crippen LogP) is 1.71. The number of pyridine rings is 1. The highest BCUT2D eigenvalue weighted by Crippen LogP contribution is 2.30. The molecule has 4 heterocycles. The average Bonchev–Trinajstić information content (AvgIpc) is 3.40. The van der Waals surface area contributed by atoms with E-state index in [2.05, 4.69) is 15.2 Å². The predicted molar refractivity (Wildman–Crippen MR) is 94.8 cm³/mol. The Bertz CT molecular complexity index is 1040. The summed E-state index contributed by atoms with van der Waals surface area (Å²) >= 11 is 0. The molecule has 1 unspecified atom stereocenters. The van der Waals surface area contributed by atoms with Crippen molar-refractivity contribution in [3.63, 3.8) is 0 Å². The van der Waals surface area contributed by atoms with Gasteiger partial charge in [0.15, 0.2) is 0 Å². The van der Waals surface area contributed by atoms with Gasteiger partial charge in [-0.05, 0) is 25.8 Å². The molecule has 9 heteroatoms. The lowest BCUT2D eigenvalue weighted by Crippen LogP contribution is -2.41. The van der Waals surface area contributed by atoms with Crippen molar-refractivity contribution < 1.29 is 18.8 Å². The fourth-order valence-electron chi connectivity index (χ4n) is 3.51. The van der Waals surface area contributed by atoms with Crippen molar-refractivity contribution in [2.45, 2.75) is 25.8 Å². The summed E-state index contributed by atoms with van der Waals surface area (Å²) in [5, 5.41) is 8.66. The van der Waals surface area contributed by atoms with Gasteiger partial charge in [0.1, 0.15) is 6.04 Å². The minimum Gasteiger partial charge on any atom is -0.467 e. The first-order valence-corrected chi connectivity index (χ1v) is 8.64. The lowest BCUT2D eigenvalue weighted by atomic mass is 10.1. The molecule has 4 rings (SSSR count). The van der Waals surface area contributed by atoms with Crippen molar-refractivity contribution in [2.75, 3.05) is 13.7 Å². The van der Waals surface area contributed by atoms with Gasteiger partial charge in [-0.1, -0.05) is 5.16 Å². The fourth-order valence-corrected chi connectivity index (χ4v) is 3.51. The van der Waals surface area contributed by atoms with E-state index in [1.54, 1.807) is 42.0 Å². The molecule has 0 aliphatic carbocycles. The summed E-state index contributed by atoms with van der Waals surface area (Å²) in [6.07, 6.45) is 4.81. The number of aryl methyl sites for hydroxylation is 2. The van der Waals surface area contributed by atoms with Crippen molar-refractivity contribution in [2.24, 2.45) is 7.05 Å². The summed E-state index contributed by atoms with van der Waals surface area (Å²) in [7, 11) is 3.14. The SMILES string of the molecule is COC(=O)C1CCCN1C(=O)c1cc(-c2cnn(C)c2)nc2onc(C)c12. The Morgan fingerprint density at radius 3 is 2.89 bits per heavy atom. The molecule has 27 heavy (non-hydrogen) atoms. The Morgan fingerprint density at radius 1 is 1.37 bits per heavy atom. The van der Waals surface area contributed by atoms with E-state index in [1.165, 1.54) is 7.11 Å². The molecule has 0 aromatic carbocycles. The van der Waals surface area contributed by atoms with Crippen LogP contribution in [0.4, 0.5) is 0 Å². The molecule has 0 N–H and O–H groups in total. The van der Waals surface area contributed by atoms with E-state index in [1.807, 2.05) is 0 Å². The number of likely N-dealkylation sites (tertiary alicyclic amines) is 1. The molecule has 3 aromatic heterocycles. The number of ether oxygens (including phenoxy) is 1. The quantitative estimate of drug-likeness (QED) is 0.647. The number of nitrogens with zero attached hydrogens (tertiary/aromatic N) is 5. The molecule has 140 valence electrons. The lowest BCUT2D eigenvalue weighted by Gasteiger charge is -2.23. The molecule has 0 radical (unpaired) electrons. The van der Waals surface area contributed by atoms with Gasteiger partial charge in [-0.3, -0.25) is 9.48 Å². The number of amides is 1. The lowest BCUT2D eigenvalue weighted by molar-refractivity contribution is -0.145. The molecule has 1 aliphatic rings. The fraction of sp³-hybridized carbons (Fsp3) is 0.389. The van der Waals surface area contributed by atoms with Crippen LogP contribution in [0, 0.1) is 6.92 Å². The molecule has 0 saturated carbocycles. The minimum atomic E-state index is -0.576. The monoisotopic (exact) mass is 369 g/mol. The normalized spacial score (nSPS) is 16.9. The Labute approximate surface area is 154 Å². The molecule has 9 nitrogen and oxygen atoms in total. The van der Waals surface area contributed by atoms with Crippen LogP contribution < -0.4 is 0 Å². The van der Waals surface area contributed by atoms with Crippen molar-refractivity contribution in [3.05, 3.63) is 29.7 Å². The second kappa shape index (κ2) is 6.49. The summed E-state index contributed by atoms with van der Waals surface area (Å²) < 4.78 is 11.8. The minimum absolute atomic E-state index is 0.258. The van der Waals surface area contributed by atoms with Gasteiger partial charge < -0.3 is 14.2 Å². The summed E-state index contributed by atoms with van der Waals surface area (Å²) in [5.74, 6) is -0.660. The van der Waals surface area contributed by atoms with Gasteiger partial charge in [-0.2, -0.15) is 5.10 Å². The summed E-state index contributed by atoms with van der Waals surface area (Å²) in [5.41, 5.74) is 2.59. The molecular formula is C18H19N5O4. The van der Waals surface area contributed by atoms with Crippen LogP contribution in [0.15, 0.2) is 23.0 Å². The third-order valence-electron chi connectivity index (χ3n) is 4.84. The first-order chi connectivity index (χ1) is 13.0. The Kier molecular flexibility index (Phi) is 4.14. The van der Waals surface area contributed by atoms with Gasteiger partial charge in [0.2, 0.25) is 0 Å². The van der Waals surface area contributed by atoms with Gasteiger partial charge in [0, 0.05) is 25.4 Å². The highest BCUT2D eigenvalue weighted by Gasteiger charge is 2.36. The molecule has 3 aromatic rings. The topological polar surface area (TPSA) is 103 Å². The smallest absolute Gasteiger partial charge is 0.328 e. The van der Waals surface area contributed by atoms with E-state index < -0.39 is 12.0 Å². The van der Waals surface area contributed by atoms with Gasteiger partial charge >= 0.3 is 5.97 Å². The maximum Gasteiger partial charge on any atom is 0.328 e. The maximum absolute atomic E-state index is 13.3. The zero-order valence-corrected chi connectivity index (χ0v) is 15.3. The van der Waals surface area contributed by atoms with Gasteiger partial charge in [-0.25, -0.2) is 9.78 Å². The average molecular weight is 369 g/mol. The van der Waals surface area contributed by atoms with Gasteiger partial charge in [0.25, 0.3) is 11.6 Å². The van der Waals surface area contributed by atoms with Crippen LogP contribution in [0.1, 0.15) is 28.9 Å². The second-order valence-electron chi connectivity index (χ2n) is 6.59. The van der Waals surface area contributed by atoms with Crippen LogP contribution in [-0.2, 0) is 16.6 Å². The molecule has 0 spiro atoms. The Balaban J connectivity index is 1.83. The maximum atomic E-state index is 13.3. The first-order valence-electron chi connectivity index (χ1n) is 8.64. The number of esters is 1. The van der Waals surface area contributed by atoms with E-state index in [9.17, 15) is 9.59 Å². The van der Waals surface area contributed by atoms with E-state index in [4.69, 9.17) is 9.26 Å². The summed E-state index contributed by atoms with van der Waals surface area (Å²) in [6.45, 7) is 2.25. The van der Waals surface area contributed by atoms with Crippen LogP contribution in [0.25, 0.3) is 22.4 Å². The largest absolute Gasteiger partial charge is 0.467 e. The number of hydrogen-bond donors (Lipinski definition) is 0. The zero-order valence-electron chi connectivity index (χ0n) is 15.3. The van der Waals surface area contributed by atoms with Gasteiger partial charge in [-0.15, -0.1) is 0 Å². The standard InChI is InChI=1S/C18H19N5O4/c1-10-15-12(17(24)23-6-4-5-14(23)18(25)26-3)7-13(20-16(15)27-21-10)11-8-19-22(2)9-11/h7-9,14H,4-6H2,1-3H3. The van der Waals surface area contributed by atoms with Gasteiger partial charge in [0.05, 0.1) is 35.6 Å². The number of carbonyl (C=O) groups is 2. The summed E-state index contributed by atoms with van der Waals surface area (Å²) in [4.78, 5) is 31.4. The molecule has 1 saturated heterocycles. The molecule has 1 aliphatic heterocycles. The van der Waals surface area contributed by atoms with Crippen molar-refractivity contribution in [1.82, 2.24) is 24.8 Å². The third-order valence-corrected chi connectivity index (χ3v) is 4.84. The number of rotatable bonds is 3. The number of methoxy groups -OCH3 is 1. The van der Waals surface area contributed by atoms with Crippen molar-refractivity contribution >= 4 is 23.0 Å². The number of hydrogen-bond acceptors (Lipinski definition) is 7. The highest BCUT2D eigenvalue weighted by molar-refractivity contribution is 6.08. The van der Waals surface area contributed by atoms with E-state index >= 15 is 0 Å². The first kappa shape index (κ1) is 17.2. The zero-order chi connectivity index (χ0) is 19.1. The van der Waals surface area contributed by atoms with E-state index in [0.717, 1.165) is 12.0 Å². The van der Waals surface area contributed by atoms with Crippen LogP contribution in [-0.4, -0.2) is 56.4 Å². The van der Waals surface area contributed by atoms with E-state index in [0.29, 0.717) is 35.3 Å². The molecular weight excluding hydrogens is 350 g/mol. The molecule has 1 atom stereocenters. The molecule has 1 fully saturated rings. The highest BCUT2D eigenvalue weighted by atomic mass is 16.5. The van der Waals surface area contributed by atoms with Crippen LogP contribution in [0.3, 0.4) is 0 Å². The van der Waals surface area contributed by atoms with Crippen molar-refractivity contribution in [3.8, 4) is 11.3 Å².